The number of thiophene rings is 1. The van der Waals surface area contributed by atoms with Crippen molar-refractivity contribution in [2.45, 2.75) is 30.5 Å². The smallest absolute Gasteiger partial charge is 0.230 e. The average molecular weight is 386 g/mol. The van der Waals surface area contributed by atoms with Crippen molar-refractivity contribution in [1.29, 1.82) is 0 Å². The van der Waals surface area contributed by atoms with Crippen molar-refractivity contribution < 1.29 is 4.79 Å². The van der Waals surface area contributed by atoms with Crippen LogP contribution in [0.5, 0.6) is 0 Å². The Bertz CT molecular complexity index is 859. The van der Waals surface area contributed by atoms with Gasteiger partial charge in [0.05, 0.1) is 5.75 Å². The number of carbonyl (C=O) groups excluding carboxylic acids is 1. The molecular weight excluding hydrogens is 366 g/mol. The first-order valence-electron chi connectivity index (χ1n) is 8.58. The summed E-state index contributed by atoms with van der Waals surface area (Å²) >= 11 is 3.17. The van der Waals surface area contributed by atoms with Crippen molar-refractivity contribution in [3.8, 4) is 11.4 Å². The molecule has 4 rings (SSSR count). The van der Waals surface area contributed by atoms with E-state index in [0.717, 1.165) is 35.8 Å². The van der Waals surface area contributed by atoms with Gasteiger partial charge < -0.3 is 5.32 Å². The number of nitrogens with zero attached hydrogens (tertiary/aromatic N) is 4. The third-order valence-electron chi connectivity index (χ3n) is 4.12. The molecule has 1 aliphatic rings. The summed E-state index contributed by atoms with van der Waals surface area (Å²) in [6, 6.07) is 8.44. The molecular formula is C18H19N5OS2. The van der Waals surface area contributed by atoms with Gasteiger partial charge in [-0.2, -0.15) is 0 Å². The highest BCUT2D eigenvalue weighted by Crippen LogP contribution is 2.40. The molecule has 0 bridgehead atoms. The van der Waals surface area contributed by atoms with Crippen LogP contribution in [0, 0.1) is 0 Å². The fraction of sp³-hybridized carbons (Fsp3) is 0.333. The molecule has 0 spiro atoms. The van der Waals surface area contributed by atoms with E-state index in [1.165, 1.54) is 16.6 Å². The summed E-state index contributed by atoms with van der Waals surface area (Å²) < 4.78 is 2.17. The number of carbonyl (C=O) groups is 1. The Labute approximate surface area is 160 Å². The van der Waals surface area contributed by atoms with E-state index in [-0.39, 0.29) is 5.91 Å². The zero-order chi connectivity index (χ0) is 17.8. The highest BCUT2D eigenvalue weighted by atomic mass is 32.2. The van der Waals surface area contributed by atoms with E-state index in [0.29, 0.717) is 18.3 Å². The molecule has 0 unspecified atom stereocenters. The molecule has 3 aromatic rings. The van der Waals surface area contributed by atoms with Gasteiger partial charge in [0.25, 0.3) is 0 Å². The number of hydrogen-bond acceptors (Lipinski definition) is 6. The van der Waals surface area contributed by atoms with Crippen molar-refractivity contribution in [2.24, 2.45) is 0 Å². The minimum atomic E-state index is 0.0300. The molecule has 3 aromatic heterocycles. The predicted octanol–water partition coefficient (Wildman–Crippen LogP) is 3.19. The Morgan fingerprint density at radius 1 is 1.27 bits per heavy atom. The third-order valence-corrected chi connectivity index (χ3v) is 6.00. The van der Waals surface area contributed by atoms with Crippen LogP contribution in [0.25, 0.3) is 11.4 Å². The van der Waals surface area contributed by atoms with Crippen LogP contribution in [0.2, 0.25) is 0 Å². The summed E-state index contributed by atoms with van der Waals surface area (Å²) in [7, 11) is 0. The lowest BCUT2D eigenvalue weighted by Gasteiger charge is -2.09. The molecule has 1 N–H and O–H groups in total. The lowest BCUT2D eigenvalue weighted by molar-refractivity contribution is -0.118. The summed E-state index contributed by atoms with van der Waals surface area (Å²) in [6.07, 6.45) is 6.66. The molecule has 1 fully saturated rings. The monoisotopic (exact) mass is 385 g/mol. The van der Waals surface area contributed by atoms with E-state index >= 15 is 0 Å². The molecule has 0 aromatic carbocycles. The average Bonchev–Trinajstić information content (AvgIpc) is 3.20. The van der Waals surface area contributed by atoms with E-state index in [2.05, 4.69) is 36.5 Å². The minimum Gasteiger partial charge on any atom is -0.355 e. The molecule has 0 aliphatic heterocycles. The van der Waals surface area contributed by atoms with Crippen molar-refractivity contribution in [3.05, 3.63) is 46.9 Å². The fourth-order valence-corrected chi connectivity index (χ4v) is 4.24. The maximum absolute atomic E-state index is 12.1. The van der Waals surface area contributed by atoms with Crippen molar-refractivity contribution in [2.75, 3.05) is 12.3 Å². The quantitative estimate of drug-likeness (QED) is 0.603. The second-order valence-electron chi connectivity index (χ2n) is 6.11. The lowest BCUT2D eigenvalue weighted by Crippen LogP contribution is -2.27. The molecule has 26 heavy (non-hydrogen) atoms. The number of nitrogens with one attached hydrogen (secondary N) is 1. The fourth-order valence-electron chi connectivity index (χ4n) is 2.70. The van der Waals surface area contributed by atoms with Crippen LogP contribution in [-0.4, -0.2) is 38.0 Å². The van der Waals surface area contributed by atoms with Crippen molar-refractivity contribution in [1.82, 2.24) is 25.1 Å². The predicted molar refractivity (Wildman–Crippen MR) is 103 cm³/mol. The maximum Gasteiger partial charge on any atom is 0.230 e. The van der Waals surface area contributed by atoms with Gasteiger partial charge in [0.2, 0.25) is 5.91 Å². The molecule has 3 heterocycles. The van der Waals surface area contributed by atoms with Crippen LogP contribution in [0.15, 0.2) is 47.2 Å². The van der Waals surface area contributed by atoms with Crippen molar-refractivity contribution in [3.63, 3.8) is 0 Å². The van der Waals surface area contributed by atoms with E-state index in [1.807, 2.05) is 18.2 Å². The Kier molecular flexibility index (Phi) is 5.31. The van der Waals surface area contributed by atoms with Gasteiger partial charge in [0, 0.05) is 35.4 Å². The van der Waals surface area contributed by atoms with E-state index in [4.69, 9.17) is 0 Å². The molecule has 0 atom stereocenters. The van der Waals surface area contributed by atoms with Gasteiger partial charge in [-0.1, -0.05) is 17.8 Å². The van der Waals surface area contributed by atoms with E-state index < -0.39 is 0 Å². The standard InChI is InChI=1S/C18H19N5OS2/c24-16(20-10-7-15-2-1-11-25-15)12-26-18-22-21-17(23(18)14-3-4-14)13-5-8-19-9-6-13/h1-2,5-6,8-9,11,14H,3-4,7,10,12H2,(H,20,24). The Hall–Kier alpha value is -2.19. The SMILES string of the molecule is O=C(CSc1nnc(-c2ccncc2)n1C1CC1)NCCc1cccs1. The number of amides is 1. The van der Waals surface area contributed by atoms with E-state index in [9.17, 15) is 4.79 Å². The number of thioether (sulfide) groups is 1. The van der Waals surface area contributed by atoms with Crippen LogP contribution in [0.1, 0.15) is 23.8 Å². The van der Waals surface area contributed by atoms with Crippen LogP contribution in [-0.2, 0) is 11.2 Å². The second kappa shape index (κ2) is 8.01. The maximum atomic E-state index is 12.1. The molecule has 134 valence electrons. The number of aromatic nitrogens is 4. The molecule has 1 amide bonds. The number of pyridine rings is 1. The van der Waals surface area contributed by atoms with Crippen LogP contribution >= 0.6 is 23.1 Å². The first kappa shape index (κ1) is 17.2. The van der Waals surface area contributed by atoms with Crippen molar-refractivity contribution >= 4 is 29.0 Å². The largest absolute Gasteiger partial charge is 0.355 e. The first-order valence-corrected chi connectivity index (χ1v) is 10.4. The van der Waals surface area contributed by atoms with Gasteiger partial charge in [-0.25, -0.2) is 0 Å². The van der Waals surface area contributed by atoms with E-state index in [1.54, 1.807) is 23.7 Å². The zero-order valence-corrected chi connectivity index (χ0v) is 15.8. The lowest BCUT2D eigenvalue weighted by atomic mass is 10.2. The van der Waals surface area contributed by atoms with Gasteiger partial charge in [0.15, 0.2) is 11.0 Å². The first-order chi connectivity index (χ1) is 12.8. The molecule has 0 saturated heterocycles. The summed E-state index contributed by atoms with van der Waals surface area (Å²) in [4.78, 5) is 17.5. The Morgan fingerprint density at radius 2 is 2.12 bits per heavy atom. The summed E-state index contributed by atoms with van der Waals surface area (Å²) in [5.41, 5.74) is 1.01. The summed E-state index contributed by atoms with van der Waals surface area (Å²) in [5, 5.41) is 14.5. The molecule has 6 nitrogen and oxygen atoms in total. The van der Waals surface area contributed by atoms with Gasteiger partial charge in [-0.15, -0.1) is 21.5 Å². The Morgan fingerprint density at radius 3 is 2.85 bits per heavy atom. The highest BCUT2D eigenvalue weighted by molar-refractivity contribution is 7.99. The topological polar surface area (TPSA) is 72.7 Å². The molecule has 0 radical (unpaired) electrons. The van der Waals surface area contributed by atoms with Crippen LogP contribution in [0.4, 0.5) is 0 Å². The second-order valence-corrected chi connectivity index (χ2v) is 8.09. The summed E-state index contributed by atoms with van der Waals surface area (Å²) in [6.45, 7) is 0.664. The summed E-state index contributed by atoms with van der Waals surface area (Å²) in [5.74, 6) is 1.24. The minimum absolute atomic E-state index is 0.0300. The number of hydrogen-bond donors (Lipinski definition) is 1. The zero-order valence-electron chi connectivity index (χ0n) is 14.2. The van der Waals surface area contributed by atoms with Gasteiger partial charge in [-0.05, 0) is 42.8 Å². The molecule has 8 heteroatoms. The van der Waals surface area contributed by atoms with Crippen LogP contribution in [0.3, 0.4) is 0 Å². The molecule has 1 saturated carbocycles. The van der Waals surface area contributed by atoms with Gasteiger partial charge >= 0.3 is 0 Å². The highest BCUT2D eigenvalue weighted by Gasteiger charge is 2.30. The van der Waals surface area contributed by atoms with Crippen LogP contribution < -0.4 is 5.32 Å². The Balaban J connectivity index is 1.36. The molecule has 1 aliphatic carbocycles. The van der Waals surface area contributed by atoms with Gasteiger partial charge in [0.1, 0.15) is 0 Å². The van der Waals surface area contributed by atoms with Gasteiger partial charge in [-0.3, -0.25) is 14.3 Å². The third kappa shape index (κ3) is 4.13. The number of rotatable bonds is 8. The normalized spacial score (nSPS) is 13.7.